The number of ether oxygens (including phenoxy) is 1. The highest BCUT2D eigenvalue weighted by atomic mass is 32.1. The third kappa shape index (κ3) is 2.89. The second kappa shape index (κ2) is 6.96. The largest absolute Gasteiger partial charge is 0.462 e. The minimum atomic E-state index is -0.271. The number of esters is 1. The molecule has 3 aromatic rings. The average molecular weight is 388 g/mol. The lowest BCUT2D eigenvalue weighted by Crippen LogP contribution is -2.24. The van der Waals surface area contributed by atoms with Gasteiger partial charge in [-0.25, -0.2) is 14.8 Å². The van der Waals surface area contributed by atoms with E-state index in [9.17, 15) is 4.79 Å². The predicted octanol–water partition coefficient (Wildman–Crippen LogP) is 4.89. The predicted molar refractivity (Wildman–Crippen MR) is 106 cm³/mol. The molecule has 0 bridgehead atoms. The van der Waals surface area contributed by atoms with Crippen LogP contribution in [0.3, 0.4) is 0 Å². The third-order valence-electron chi connectivity index (χ3n) is 4.80. The molecule has 3 aromatic heterocycles. The first-order valence-electron chi connectivity index (χ1n) is 8.83. The number of rotatable bonds is 4. The van der Waals surface area contributed by atoms with Gasteiger partial charge in [0.15, 0.2) is 0 Å². The Morgan fingerprint density at radius 3 is 2.96 bits per heavy atom. The van der Waals surface area contributed by atoms with Crippen molar-refractivity contribution in [2.45, 2.75) is 39.7 Å². The van der Waals surface area contributed by atoms with Crippen LogP contribution in [0.4, 0.5) is 5.82 Å². The summed E-state index contributed by atoms with van der Waals surface area (Å²) in [6.07, 6.45) is 2.26. The Kier molecular flexibility index (Phi) is 4.67. The Labute approximate surface area is 160 Å². The van der Waals surface area contributed by atoms with Crippen molar-refractivity contribution in [1.82, 2.24) is 9.97 Å². The highest BCUT2D eigenvalue weighted by Crippen LogP contribution is 2.42. The number of carbonyl (C=O) groups is 1. The molecule has 1 aliphatic heterocycles. The molecule has 7 heteroatoms. The van der Waals surface area contributed by atoms with Gasteiger partial charge in [0.1, 0.15) is 21.3 Å². The number of thiophene rings is 2. The molecule has 0 radical (unpaired) electrons. The molecule has 1 unspecified atom stereocenters. The number of carbonyl (C=O) groups excluding carboxylic acids is 1. The van der Waals surface area contributed by atoms with Gasteiger partial charge in [-0.3, -0.25) is 0 Å². The lowest BCUT2D eigenvalue weighted by Gasteiger charge is -2.26. The van der Waals surface area contributed by atoms with Gasteiger partial charge >= 0.3 is 5.97 Å². The summed E-state index contributed by atoms with van der Waals surface area (Å²) in [4.78, 5) is 25.6. The summed E-state index contributed by atoms with van der Waals surface area (Å²) in [6.45, 7) is 7.05. The minimum Gasteiger partial charge on any atom is -0.462 e. The van der Waals surface area contributed by atoms with E-state index in [1.807, 2.05) is 20.8 Å². The first kappa shape index (κ1) is 17.4. The molecule has 0 saturated carbocycles. The van der Waals surface area contributed by atoms with Crippen LogP contribution < -0.4 is 4.90 Å². The molecule has 0 aromatic carbocycles. The molecule has 1 atom stereocenters. The number of nitrogens with zero attached hydrogens (tertiary/aromatic N) is 3. The highest BCUT2D eigenvalue weighted by molar-refractivity contribution is 7.20. The molecule has 4 rings (SSSR count). The zero-order valence-electron chi connectivity index (χ0n) is 15.1. The topological polar surface area (TPSA) is 55.3 Å². The molecule has 0 spiro atoms. The van der Waals surface area contributed by atoms with Crippen molar-refractivity contribution in [2.24, 2.45) is 0 Å². The zero-order chi connectivity index (χ0) is 18.3. The van der Waals surface area contributed by atoms with Crippen LogP contribution in [0.2, 0.25) is 0 Å². The van der Waals surface area contributed by atoms with Crippen molar-refractivity contribution in [3.05, 3.63) is 38.7 Å². The molecule has 0 N–H and O–H groups in total. The zero-order valence-corrected chi connectivity index (χ0v) is 16.7. The van der Waals surface area contributed by atoms with Crippen molar-refractivity contribution in [1.29, 1.82) is 0 Å². The standard InChI is InChI=1S/C19H21N3O2S2/c1-4-24-19(23)16-11(2)15-17(20-12(3)21-18(15)26-16)22-8-5-6-14(22)13-7-9-25-10-13/h7,9-10,14H,4-6,8H2,1-3H3. The Hall–Kier alpha value is -1.99. The van der Waals surface area contributed by atoms with Crippen LogP contribution in [0.25, 0.3) is 10.2 Å². The number of fused-ring (bicyclic) bond motifs is 1. The first-order chi connectivity index (χ1) is 12.6. The van der Waals surface area contributed by atoms with Crippen LogP contribution >= 0.6 is 22.7 Å². The summed E-state index contributed by atoms with van der Waals surface area (Å²) in [5, 5.41) is 5.34. The molecular formula is C19H21N3O2S2. The van der Waals surface area contributed by atoms with Crippen molar-refractivity contribution in [3.8, 4) is 0 Å². The summed E-state index contributed by atoms with van der Waals surface area (Å²) < 4.78 is 5.23. The Morgan fingerprint density at radius 1 is 1.38 bits per heavy atom. The summed E-state index contributed by atoms with van der Waals surface area (Å²) >= 11 is 3.14. The van der Waals surface area contributed by atoms with Gasteiger partial charge in [-0.05, 0) is 61.6 Å². The maximum atomic E-state index is 12.3. The lowest BCUT2D eigenvalue weighted by atomic mass is 10.1. The summed E-state index contributed by atoms with van der Waals surface area (Å²) in [5.74, 6) is 1.41. The van der Waals surface area contributed by atoms with Gasteiger partial charge in [-0.1, -0.05) is 0 Å². The Morgan fingerprint density at radius 2 is 2.23 bits per heavy atom. The van der Waals surface area contributed by atoms with Crippen LogP contribution in [0.15, 0.2) is 16.8 Å². The first-order valence-corrected chi connectivity index (χ1v) is 10.6. The quantitative estimate of drug-likeness (QED) is 0.597. The molecule has 26 heavy (non-hydrogen) atoms. The number of hydrogen-bond donors (Lipinski definition) is 0. The van der Waals surface area contributed by atoms with Crippen LogP contribution in [0.5, 0.6) is 0 Å². The second-order valence-electron chi connectivity index (χ2n) is 6.46. The van der Waals surface area contributed by atoms with Crippen molar-refractivity contribution >= 4 is 44.7 Å². The van der Waals surface area contributed by atoms with Crippen molar-refractivity contribution in [2.75, 3.05) is 18.1 Å². The SMILES string of the molecule is CCOC(=O)c1sc2nc(C)nc(N3CCCC3c3ccsc3)c2c1C. The maximum absolute atomic E-state index is 12.3. The van der Waals surface area contributed by atoms with E-state index in [1.54, 1.807) is 11.3 Å². The fourth-order valence-corrected chi connectivity index (χ4v) is 5.47. The minimum absolute atomic E-state index is 0.271. The van der Waals surface area contributed by atoms with Crippen molar-refractivity contribution < 1.29 is 9.53 Å². The van der Waals surface area contributed by atoms with E-state index >= 15 is 0 Å². The van der Waals surface area contributed by atoms with E-state index < -0.39 is 0 Å². The molecule has 0 amide bonds. The van der Waals surface area contributed by atoms with Gasteiger partial charge in [-0.15, -0.1) is 11.3 Å². The van der Waals surface area contributed by atoms with E-state index in [4.69, 9.17) is 9.72 Å². The fraction of sp³-hybridized carbons (Fsp3) is 0.421. The Bertz CT molecular complexity index is 950. The maximum Gasteiger partial charge on any atom is 0.348 e. The third-order valence-corrected chi connectivity index (χ3v) is 6.66. The number of anilines is 1. The van der Waals surface area contributed by atoms with E-state index in [1.165, 1.54) is 16.9 Å². The number of aryl methyl sites for hydroxylation is 2. The highest BCUT2D eigenvalue weighted by Gasteiger charge is 2.31. The van der Waals surface area contributed by atoms with E-state index in [0.29, 0.717) is 17.5 Å². The van der Waals surface area contributed by atoms with Gasteiger partial charge < -0.3 is 9.64 Å². The number of hydrogen-bond acceptors (Lipinski definition) is 7. The van der Waals surface area contributed by atoms with E-state index in [2.05, 4.69) is 26.7 Å². The monoisotopic (exact) mass is 387 g/mol. The molecule has 1 aliphatic rings. The molecule has 4 heterocycles. The lowest BCUT2D eigenvalue weighted by molar-refractivity contribution is 0.0531. The summed E-state index contributed by atoms with van der Waals surface area (Å²) in [6, 6.07) is 2.53. The molecule has 0 aliphatic carbocycles. The smallest absolute Gasteiger partial charge is 0.348 e. The molecule has 136 valence electrons. The summed E-state index contributed by atoms with van der Waals surface area (Å²) in [5.41, 5.74) is 2.27. The van der Waals surface area contributed by atoms with Crippen LogP contribution in [-0.2, 0) is 4.74 Å². The van der Waals surface area contributed by atoms with Crippen LogP contribution in [-0.4, -0.2) is 29.1 Å². The van der Waals surface area contributed by atoms with Gasteiger partial charge in [0.05, 0.1) is 18.0 Å². The van der Waals surface area contributed by atoms with E-state index in [-0.39, 0.29) is 5.97 Å². The fourth-order valence-electron chi connectivity index (χ4n) is 3.65. The average Bonchev–Trinajstić information content (AvgIpc) is 3.33. The van der Waals surface area contributed by atoms with Gasteiger partial charge in [0.25, 0.3) is 0 Å². The molecule has 1 saturated heterocycles. The number of aromatic nitrogens is 2. The van der Waals surface area contributed by atoms with E-state index in [0.717, 1.165) is 46.8 Å². The normalized spacial score (nSPS) is 17.2. The molecular weight excluding hydrogens is 366 g/mol. The van der Waals surface area contributed by atoms with Crippen molar-refractivity contribution in [3.63, 3.8) is 0 Å². The van der Waals surface area contributed by atoms with Crippen LogP contribution in [0, 0.1) is 13.8 Å². The molecule has 1 fully saturated rings. The van der Waals surface area contributed by atoms with Crippen LogP contribution in [0.1, 0.15) is 52.4 Å². The van der Waals surface area contributed by atoms with Gasteiger partial charge in [0.2, 0.25) is 0 Å². The van der Waals surface area contributed by atoms with Gasteiger partial charge in [0, 0.05) is 6.54 Å². The van der Waals surface area contributed by atoms with Gasteiger partial charge in [-0.2, -0.15) is 11.3 Å². The Balaban J connectivity index is 1.85. The molecule has 5 nitrogen and oxygen atoms in total. The second-order valence-corrected chi connectivity index (χ2v) is 8.24. The summed E-state index contributed by atoms with van der Waals surface area (Å²) in [7, 11) is 0.